The first-order chi connectivity index (χ1) is 10.3. The molecule has 1 heterocycles. The maximum atomic E-state index is 5.96. The Morgan fingerprint density at radius 1 is 1.00 bits per heavy atom. The number of rotatable bonds is 4. The Bertz CT molecular complexity index is 735. The molecule has 3 aromatic rings. The predicted molar refractivity (Wildman–Crippen MR) is 83.4 cm³/mol. The van der Waals surface area contributed by atoms with Crippen molar-refractivity contribution in [2.45, 2.75) is 6.54 Å². The number of hydrogen-bond acceptors (Lipinski definition) is 3. The van der Waals surface area contributed by atoms with Gasteiger partial charge in [-0.05, 0) is 18.2 Å². The first-order valence-electron chi connectivity index (χ1n) is 6.81. The zero-order chi connectivity index (χ0) is 14.7. The number of nitrogens with zero attached hydrogens (tertiary/aromatic N) is 2. The number of aromatic nitrogens is 2. The summed E-state index contributed by atoms with van der Waals surface area (Å²) in [7, 11) is 1.67. The van der Waals surface area contributed by atoms with E-state index in [-0.39, 0.29) is 0 Å². The van der Waals surface area contributed by atoms with Gasteiger partial charge in [0, 0.05) is 17.7 Å². The highest BCUT2D eigenvalue weighted by atomic mass is 16.5. The third-order valence-electron chi connectivity index (χ3n) is 3.46. The third-order valence-corrected chi connectivity index (χ3v) is 3.46. The summed E-state index contributed by atoms with van der Waals surface area (Å²) in [4.78, 5) is 0. The normalized spacial score (nSPS) is 10.6. The highest BCUT2D eigenvalue weighted by molar-refractivity contribution is 5.72. The van der Waals surface area contributed by atoms with Crippen molar-refractivity contribution in [3.63, 3.8) is 0 Å². The number of para-hydroxylation sites is 2. The van der Waals surface area contributed by atoms with Crippen molar-refractivity contribution >= 4 is 0 Å². The average molecular weight is 279 g/mol. The van der Waals surface area contributed by atoms with E-state index in [0.29, 0.717) is 6.54 Å². The number of ether oxygens (including phenoxy) is 1. The molecule has 2 N–H and O–H groups in total. The lowest BCUT2D eigenvalue weighted by molar-refractivity contribution is 0.416. The Morgan fingerprint density at radius 3 is 2.43 bits per heavy atom. The molecule has 0 unspecified atom stereocenters. The van der Waals surface area contributed by atoms with Gasteiger partial charge in [-0.25, -0.2) is 4.68 Å². The Labute approximate surface area is 123 Å². The molecule has 3 rings (SSSR count). The van der Waals surface area contributed by atoms with Gasteiger partial charge in [-0.2, -0.15) is 5.10 Å². The molecule has 4 nitrogen and oxygen atoms in total. The SMILES string of the molecule is COc1ccccc1-c1cnn(-c2ccccc2)c1CN. The van der Waals surface area contributed by atoms with E-state index in [0.717, 1.165) is 28.3 Å². The lowest BCUT2D eigenvalue weighted by atomic mass is 10.1. The van der Waals surface area contributed by atoms with Crippen molar-refractivity contribution in [2.24, 2.45) is 5.73 Å². The van der Waals surface area contributed by atoms with E-state index in [2.05, 4.69) is 5.10 Å². The summed E-state index contributed by atoms with van der Waals surface area (Å²) in [6, 6.07) is 17.9. The van der Waals surface area contributed by atoms with Crippen LogP contribution in [-0.4, -0.2) is 16.9 Å². The third kappa shape index (κ3) is 2.41. The second-order valence-electron chi connectivity index (χ2n) is 4.66. The maximum Gasteiger partial charge on any atom is 0.126 e. The van der Waals surface area contributed by atoms with Crippen LogP contribution in [0.5, 0.6) is 5.75 Å². The van der Waals surface area contributed by atoms with Crippen LogP contribution in [0, 0.1) is 0 Å². The zero-order valence-electron chi connectivity index (χ0n) is 11.9. The van der Waals surface area contributed by atoms with E-state index >= 15 is 0 Å². The van der Waals surface area contributed by atoms with Crippen LogP contribution in [0.4, 0.5) is 0 Å². The molecule has 2 aromatic carbocycles. The minimum Gasteiger partial charge on any atom is -0.496 e. The van der Waals surface area contributed by atoms with Crippen molar-refractivity contribution in [3.8, 4) is 22.6 Å². The molecule has 0 fully saturated rings. The molecule has 0 atom stereocenters. The van der Waals surface area contributed by atoms with Crippen molar-refractivity contribution in [1.29, 1.82) is 0 Å². The van der Waals surface area contributed by atoms with E-state index in [9.17, 15) is 0 Å². The molecule has 0 aliphatic rings. The van der Waals surface area contributed by atoms with Gasteiger partial charge in [0.25, 0.3) is 0 Å². The lowest BCUT2D eigenvalue weighted by Gasteiger charge is -2.10. The zero-order valence-corrected chi connectivity index (χ0v) is 11.9. The Hall–Kier alpha value is -2.59. The summed E-state index contributed by atoms with van der Waals surface area (Å²) in [5.41, 5.74) is 9.92. The Kier molecular flexibility index (Phi) is 3.71. The molecule has 4 heteroatoms. The van der Waals surface area contributed by atoms with Gasteiger partial charge in [0.1, 0.15) is 5.75 Å². The standard InChI is InChI=1S/C17H17N3O/c1-21-17-10-6-5-9-14(17)15-12-19-20(16(15)11-18)13-7-3-2-4-8-13/h2-10,12H,11,18H2,1H3. The molecule has 0 amide bonds. The molecule has 0 saturated carbocycles. The summed E-state index contributed by atoms with van der Waals surface area (Å²) in [6.45, 7) is 0.405. The van der Waals surface area contributed by atoms with E-state index in [1.54, 1.807) is 7.11 Å². The first-order valence-corrected chi connectivity index (χ1v) is 6.81. The van der Waals surface area contributed by atoms with Gasteiger partial charge in [-0.3, -0.25) is 0 Å². The summed E-state index contributed by atoms with van der Waals surface area (Å²) in [6.07, 6.45) is 1.84. The number of hydrogen-bond donors (Lipinski definition) is 1. The van der Waals surface area contributed by atoms with Crippen LogP contribution in [-0.2, 0) is 6.54 Å². The van der Waals surface area contributed by atoms with E-state index < -0.39 is 0 Å². The minimum atomic E-state index is 0.405. The topological polar surface area (TPSA) is 53.1 Å². The van der Waals surface area contributed by atoms with E-state index in [1.165, 1.54) is 0 Å². The molecule has 21 heavy (non-hydrogen) atoms. The fourth-order valence-electron chi connectivity index (χ4n) is 2.45. The number of nitrogens with two attached hydrogens (primary N) is 1. The van der Waals surface area contributed by atoms with Crippen LogP contribution in [0.1, 0.15) is 5.69 Å². The molecule has 0 aliphatic heterocycles. The van der Waals surface area contributed by atoms with Gasteiger partial charge in [-0.15, -0.1) is 0 Å². The van der Waals surface area contributed by atoms with Gasteiger partial charge in [-0.1, -0.05) is 36.4 Å². The second kappa shape index (κ2) is 5.81. The first kappa shape index (κ1) is 13.4. The molecule has 106 valence electrons. The van der Waals surface area contributed by atoms with Gasteiger partial charge >= 0.3 is 0 Å². The smallest absolute Gasteiger partial charge is 0.126 e. The van der Waals surface area contributed by atoms with Crippen LogP contribution in [0.3, 0.4) is 0 Å². The van der Waals surface area contributed by atoms with Gasteiger partial charge in [0.2, 0.25) is 0 Å². The molecule has 0 spiro atoms. The quantitative estimate of drug-likeness (QED) is 0.798. The summed E-state index contributed by atoms with van der Waals surface area (Å²) in [5, 5.41) is 4.49. The van der Waals surface area contributed by atoms with Crippen LogP contribution in [0.2, 0.25) is 0 Å². The van der Waals surface area contributed by atoms with Gasteiger partial charge < -0.3 is 10.5 Å². The Balaban J connectivity index is 2.15. The Morgan fingerprint density at radius 2 is 1.71 bits per heavy atom. The maximum absolute atomic E-state index is 5.96. The minimum absolute atomic E-state index is 0.405. The molecule has 1 aromatic heterocycles. The molecular formula is C17H17N3O. The van der Waals surface area contributed by atoms with Crippen LogP contribution in [0.25, 0.3) is 16.8 Å². The number of methoxy groups -OCH3 is 1. The van der Waals surface area contributed by atoms with Crippen molar-refractivity contribution in [3.05, 3.63) is 66.5 Å². The molecular weight excluding hydrogens is 262 g/mol. The molecule has 0 bridgehead atoms. The van der Waals surface area contributed by atoms with Crippen molar-refractivity contribution in [1.82, 2.24) is 9.78 Å². The largest absolute Gasteiger partial charge is 0.496 e. The summed E-state index contributed by atoms with van der Waals surface area (Å²) < 4.78 is 7.31. The van der Waals surface area contributed by atoms with Crippen molar-refractivity contribution < 1.29 is 4.74 Å². The van der Waals surface area contributed by atoms with Crippen LogP contribution in [0.15, 0.2) is 60.8 Å². The fourth-order valence-corrected chi connectivity index (χ4v) is 2.45. The highest BCUT2D eigenvalue weighted by Gasteiger charge is 2.15. The predicted octanol–water partition coefficient (Wildman–Crippen LogP) is 3.01. The van der Waals surface area contributed by atoms with Crippen molar-refractivity contribution in [2.75, 3.05) is 7.11 Å². The molecule has 0 aliphatic carbocycles. The summed E-state index contributed by atoms with van der Waals surface area (Å²) >= 11 is 0. The number of benzene rings is 2. The van der Waals surface area contributed by atoms with Crippen LogP contribution >= 0.6 is 0 Å². The van der Waals surface area contributed by atoms with Gasteiger partial charge in [0.05, 0.1) is 24.7 Å². The van der Waals surface area contributed by atoms with E-state index in [1.807, 2.05) is 65.5 Å². The lowest BCUT2D eigenvalue weighted by Crippen LogP contribution is -2.07. The second-order valence-corrected chi connectivity index (χ2v) is 4.66. The highest BCUT2D eigenvalue weighted by Crippen LogP contribution is 2.32. The molecule has 0 radical (unpaired) electrons. The van der Waals surface area contributed by atoms with Crippen LogP contribution < -0.4 is 10.5 Å². The molecule has 0 saturated heterocycles. The van der Waals surface area contributed by atoms with E-state index in [4.69, 9.17) is 10.5 Å². The summed E-state index contributed by atoms with van der Waals surface area (Å²) in [5.74, 6) is 0.819. The average Bonchev–Trinajstić information content (AvgIpc) is 2.99. The fraction of sp³-hybridized carbons (Fsp3) is 0.118. The monoisotopic (exact) mass is 279 g/mol. The van der Waals surface area contributed by atoms with Gasteiger partial charge in [0.15, 0.2) is 0 Å².